The molecule has 2 rings (SSSR count). The van der Waals surface area contributed by atoms with Gasteiger partial charge in [-0.25, -0.2) is 4.39 Å². The molecule has 0 spiro atoms. The van der Waals surface area contributed by atoms with Crippen LogP contribution in [0.3, 0.4) is 0 Å². The van der Waals surface area contributed by atoms with Gasteiger partial charge in [0.25, 0.3) is 11.8 Å². The maximum Gasteiger partial charge on any atom is 0.322 e. The van der Waals surface area contributed by atoms with Gasteiger partial charge in [-0.05, 0) is 36.8 Å². The van der Waals surface area contributed by atoms with Crippen molar-refractivity contribution in [2.45, 2.75) is 6.92 Å². The van der Waals surface area contributed by atoms with Gasteiger partial charge in [0.1, 0.15) is 12.4 Å². The lowest BCUT2D eigenvalue weighted by molar-refractivity contribution is -0.135. The Bertz CT molecular complexity index is 822. The highest BCUT2D eigenvalue weighted by molar-refractivity contribution is 7.18. The number of hydrogen-bond donors (Lipinski definition) is 3. The minimum absolute atomic E-state index is 0.0276. The summed E-state index contributed by atoms with van der Waals surface area (Å²) >= 11 is 6.83. The fourth-order valence-electron chi connectivity index (χ4n) is 1.86. The third-order valence-corrected chi connectivity index (χ3v) is 4.40. The molecule has 0 saturated heterocycles. The smallest absolute Gasteiger partial charge is 0.322 e. The van der Waals surface area contributed by atoms with Crippen molar-refractivity contribution in [3.63, 3.8) is 0 Å². The SMILES string of the molecule is Cc1cc(NC(=O)c2ccc(F)cc2Cl)sc1C(=O)NCC(=O)O. The molecule has 0 fully saturated rings. The summed E-state index contributed by atoms with van der Waals surface area (Å²) in [6.45, 7) is 1.16. The standard InChI is InChI=1S/C15H12ClFN2O4S/c1-7-4-11(24-13(7)15(23)18-6-12(20)21)19-14(22)9-3-2-8(17)5-10(9)16/h2-5H,6H2,1H3,(H,18,23)(H,19,22)(H,20,21). The zero-order valence-electron chi connectivity index (χ0n) is 12.4. The van der Waals surface area contributed by atoms with E-state index in [4.69, 9.17) is 16.7 Å². The van der Waals surface area contributed by atoms with Crippen molar-refractivity contribution >= 4 is 45.7 Å². The number of aliphatic carboxylic acids is 1. The monoisotopic (exact) mass is 370 g/mol. The fraction of sp³-hybridized carbons (Fsp3) is 0.133. The van der Waals surface area contributed by atoms with Crippen molar-refractivity contribution in [2.24, 2.45) is 0 Å². The third-order valence-electron chi connectivity index (χ3n) is 2.94. The fourth-order valence-corrected chi connectivity index (χ4v) is 3.10. The molecule has 24 heavy (non-hydrogen) atoms. The van der Waals surface area contributed by atoms with Crippen molar-refractivity contribution in [3.8, 4) is 0 Å². The summed E-state index contributed by atoms with van der Waals surface area (Å²) < 4.78 is 13.0. The molecule has 9 heteroatoms. The summed E-state index contributed by atoms with van der Waals surface area (Å²) in [5.74, 6) is -2.79. The lowest BCUT2D eigenvalue weighted by atomic mass is 10.2. The highest BCUT2D eigenvalue weighted by Crippen LogP contribution is 2.28. The first-order valence-corrected chi connectivity index (χ1v) is 7.84. The molecule has 0 aliphatic rings. The highest BCUT2D eigenvalue weighted by Gasteiger charge is 2.17. The van der Waals surface area contributed by atoms with Crippen LogP contribution in [0.4, 0.5) is 9.39 Å². The van der Waals surface area contributed by atoms with Crippen molar-refractivity contribution in [3.05, 3.63) is 51.1 Å². The van der Waals surface area contributed by atoms with Crippen LogP contribution in [0.1, 0.15) is 25.6 Å². The topological polar surface area (TPSA) is 95.5 Å². The summed E-state index contributed by atoms with van der Waals surface area (Å²) in [6.07, 6.45) is 0. The number of anilines is 1. The molecule has 3 N–H and O–H groups in total. The second-order valence-corrected chi connectivity index (χ2v) is 6.24. The summed E-state index contributed by atoms with van der Waals surface area (Å²) in [5, 5.41) is 13.8. The second kappa shape index (κ2) is 7.41. The van der Waals surface area contributed by atoms with Crippen LogP contribution >= 0.6 is 22.9 Å². The predicted molar refractivity (Wildman–Crippen MR) is 88.4 cm³/mol. The number of carbonyl (C=O) groups is 3. The number of nitrogens with one attached hydrogen (secondary N) is 2. The Morgan fingerprint density at radius 2 is 1.96 bits per heavy atom. The van der Waals surface area contributed by atoms with Crippen molar-refractivity contribution in [1.82, 2.24) is 5.32 Å². The van der Waals surface area contributed by atoms with E-state index >= 15 is 0 Å². The van der Waals surface area contributed by atoms with E-state index in [9.17, 15) is 18.8 Å². The minimum atomic E-state index is -1.16. The number of amides is 2. The van der Waals surface area contributed by atoms with E-state index in [0.717, 1.165) is 23.5 Å². The number of carboxylic acid groups (broad SMARTS) is 1. The lowest BCUT2D eigenvalue weighted by Gasteiger charge is -2.04. The van der Waals surface area contributed by atoms with Gasteiger partial charge in [0, 0.05) is 0 Å². The van der Waals surface area contributed by atoms with Crippen LogP contribution in [0.2, 0.25) is 5.02 Å². The Morgan fingerprint density at radius 1 is 1.25 bits per heavy atom. The third kappa shape index (κ3) is 4.30. The van der Waals surface area contributed by atoms with Gasteiger partial charge >= 0.3 is 5.97 Å². The zero-order valence-corrected chi connectivity index (χ0v) is 13.9. The second-order valence-electron chi connectivity index (χ2n) is 4.78. The highest BCUT2D eigenvalue weighted by atomic mass is 35.5. The van der Waals surface area contributed by atoms with E-state index in [1.165, 1.54) is 6.07 Å². The van der Waals surface area contributed by atoms with E-state index in [1.54, 1.807) is 13.0 Å². The number of thiophene rings is 1. The number of aryl methyl sites for hydroxylation is 1. The van der Waals surface area contributed by atoms with E-state index in [-0.39, 0.29) is 15.5 Å². The molecule has 0 atom stereocenters. The molecule has 0 aliphatic carbocycles. The Kier molecular flexibility index (Phi) is 5.53. The quantitative estimate of drug-likeness (QED) is 0.754. The Labute approximate surface area is 145 Å². The van der Waals surface area contributed by atoms with Crippen LogP contribution in [0, 0.1) is 12.7 Å². The number of carboxylic acids is 1. The van der Waals surface area contributed by atoms with Crippen LogP contribution < -0.4 is 10.6 Å². The van der Waals surface area contributed by atoms with E-state index in [2.05, 4.69) is 10.6 Å². The molecule has 1 aromatic heterocycles. The zero-order chi connectivity index (χ0) is 17.9. The lowest BCUT2D eigenvalue weighted by Crippen LogP contribution is -2.28. The molecule has 0 saturated carbocycles. The van der Waals surface area contributed by atoms with Crippen LogP contribution in [0.5, 0.6) is 0 Å². The largest absolute Gasteiger partial charge is 0.480 e. The first-order valence-electron chi connectivity index (χ1n) is 6.64. The van der Waals surface area contributed by atoms with E-state index in [1.807, 2.05) is 0 Å². The van der Waals surface area contributed by atoms with Gasteiger partial charge in [-0.1, -0.05) is 11.6 Å². The van der Waals surface area contributed by atoms with Gasteiger partial charge in [-0.2, -0.15) is 0 Å². The average Bonchev–Trinajstić information content (AvgIpc) is 2.85. The number of carbonyl (C=O) groups excluding carboxylic acids is 2. The molecule has 1 heterocycles. The van der Waals surface area contributed by atoms with Crippen LogP contribution in [-0.4, -0.2) is 29.4 Å². The normalized spacial score (nSPS) is 10.3. The summed E-state index contributed by atoms with van der Waals surface area (Å²) in [4.78, 5) is 34.8. The van der Waals surface area contributed by atoms with Crippen molar-refractivity contribution in [1.29, 1.82) is 0 Å². The van der Waals surface area contributed by atoms with Gasteiger partial charge < -0.3 is 15.7 Å². The van der Waals surface area contributed by atoms with Gasteiger partial charge in [0.05, 0.1) is 20.5 Å². The molecule has 0 unspecified atom stereocenters. The van der Waals surface area contributed by atoms with Crippen LogP contribution in [0.25, 0.3) is 0 Å². The molecular formula is C15H12ClFN2O4S. The number of rotatable bonds is 5. The van der Waals surface area contributed by atoms with Gasteiger partial charge in [-0.15, -0.1) is 11.3 Å². The summed E-state index contributed by atoms with van der Waals surface area (Å²) in [7, 11) is 0. The molecule has 0 radical (unpaired) electrons. The number of halogens is 2. The Hall–Kier alpha value is -2.45. The molecule has 126 valence electrons. The molecular weight excluding hydrogens is 359 g/mol. The van der Waals surface area contributed by atoms with Crippen molar-refractivity contribution < 1.29 is 23.9 Å². The van der Waals surface area contributed by atoms with Gasteiger partial charge in [-0.3, -0.25) is 14.4 Å². The molecule has 0 bridgehead atoms. The number of hydrogen-bond acceptors (Lipinski definition) is 4. The molecule has 2 aromatic rings. The minimum Gasteiger partial charge on any atom is -0.480 e. The molecule has 6 nitrogen and oxygen atoms in total. The maximum atomic E-state index is 13.0. The predicted octanol–water partition coefficient (Wildman–Crippen LogP) is 2.92. The van der Waals surface area contributed by atoms with Crippen LogP contribution in [-0.2, 0) is 4.79 Å². The van der Waals surface area contributed by atoms with E-state index < -0.39 is 30.1 Å². The van der Waals surface area contributed by atoms with Crippen molar-refractivity contribution in [2.75, 3.05) is 11.9 Å². The summed E-state index contributed by atoms with van der Waals surface area (Å²) in [6, 6.07) is 4.98. The van der Waals surface area contributed by atoms with Crippen LogP contribution in [0.15, 0.2) is 24.3 Å². The summed E-state index contributed by atoms with van der Waals surface area (Å²) in [5.41, 5.74) is 0.685. The van der Waals surface area contributed by atoms with Gasteiger partial charge in [0.2, 0.25) is 0 Å². The average molecular weight is 371 g/mol. The first-order chi connectivity index (χ1) is 11.3. The van der Waals surface area contributed by atoms with E-state index in [0.29, 0.717) is 10.6 Å². The Balaban J connectivity index is 2.13. The molecule has 2 amide bonds. The first kappa shape index (κ1) is 17.9. The number of benzene rings is 1. The molecule has 1 aromatic carbocycles. The molecule has 0 aliphatic heterocycles. The van der Waals surface area contributed by atoms with Gasteiger partial charge in [0.15, 0.2) is 0 Å². The Morgan fingerprint density at radius 3 is 2.58 bits per heavy atom. The maximum absolute atomic E-state index is 13.0.